The zero-order valence-corrected chi connectivity index (χ0v) is 12.1. The van der Waals surface area contributed by atoms with Crippen molar-refractivity contribution in [1.82, 2.24) is 14.8 Å². The molecular weight excluding hydrogens is 268 g/mol. The van der Waals surface area contributed by atoms with E-state index in [1.807, 2.05) is 44.2 Å². The highest BCUT2D eigenvalue weighted by atomic mass is 16.5. The second-order valence-corrected chi connectivity index (χ2v) is 5.05. The standard InChI is InChI=1S/C15H18N4O2/c1-3-21-14(20)12-9-16-15-17-13(18-19(15)10(12)2)11-7-5-4-6-8-11/h4-8,10,12H,3,9H2,1-2H3,(H,16,17,18). The first kappa shape index (κ1) is 13.6. The Morgan fingerprint density at radius 1 is 1.43 bits per heavy atom. The Morgan fingerprint density at radius 2 is 2.19 bits per heavy atom. The van der Waals surface area contributed by atoms with Gasteiger partial charge in [-0.25, -0.2) is 4.68 Å². The Morgan fingerprint density at radius 3 is 2.90 bits per heavy atom. The molecule has 1 aliphatic rings. The second-order valence-electron chi connectivity index (χ2n) is 5.05. The van der Waals surface area contributed by atoms with Crippen molar-refractivity contribution in [3.05, 3.63) is 30.3 Å². The van der Waals surface area contributed by atoms with Gasteiger partial charge in [0, 0.05) is 12.1 Å². The Balaban J connectivity index is 1.89. The van der Waals surface area contributed by atoms with Gasteiger partial charge in [-0.05, 0) is 13.8 Å². The third-order valence-electron chi connectivity index (χ3n) is 3.70. The maximum Gasteiger partial charge on any atom is 0.312 e. The van der Waals surface area contributed by atoms with Crippen LogP contribution in [0.1, 0.15) is 19.9 Å². The fourth-order valence-electron chi connectivity index (χ4n) is 2.51. The van der Waals surface area contributed by atoms with E-state index in [9.17, 15) is 4.79 Å². The van der Waals surface area contributed by atoms with Gasteiger partial charge in [-0.3, -0.25) is 4.79 Å². The van der Waals surface area contributed by atoms with Crippen molar-refractivity contribution < 1.29 is 9.53 Å². The van der Waals surface area contributed by atoms with Crippen molar-refractivity contribution in [2.24, 2.45) is 5.92 Å². The van der Waals surface area contributed by atoms with Gasteiger partial charge >= 0.3 is 5.97 Å². The lowest BCUT2D eigenvalue weighted by molar-refractivity contribution is -0.149. The Bertz CT molecular complexity index is 638. The molecule has 0 radical (unpaired) electrons. The molecule has 2 heterocycles. The molecule has 2 atom stereocenters. The van der Waals surface area contributed by atoms with Gasteiger partial charge in [0.05, 0.1) is 18.6 Å². The van der Waals surface area contributed by atoms with Gasteiger partial charge in [-0.1, -0.05) is 30.3 Å². The number of hydrogen-bond acceptors (Lipinski definition) is 5. The minimum absolute atomic E-state index is 0.0785. The Labute approximate surface area is 123 Å². The summed E-state index contributed by atoms with van der Waals surface area (Å²) in [6, 6.07) is 9.72. The average Bonchev–Trinajstić information content (AvgIpc) is 2.94. The van der Waals surface area contributed by atoms with Crippen molar-refractivity contribution in [2.45, 2.75) is 19.9 Å². The number of hydrogen-bond donors (Lipinski definition) is 1. The zero-order valence-electron chi connectivity index (χ0n) is 12.1. The van der Waals surface area contributed by atoms with Gasteiger partial charge in [0.2, 0.25) is 5.95 Å². The topological polar surface area (TPSA) is 69.0 Å². The van der Waals surface area contributed by atoms with Crippen LogP contribution in [0.3, 0.4) is 0 Å². The quantitative estimate of drug-likeness (QED) is 0.875. The van der Waals surface area contributed by atoms with Crippen molar-refractivity contribution in [3.8, 4) is 11.4 Å². The number of carbonyl (C=O) groups is 1. The first-order valence-corrected chi connectivity index (χ1v) is 7.13. The van der Waals surface area contributed by atoms with Gasteiger partial charge < -0.3 is 10.1 Å². The van der Waals surface area contributed by atoms with Crippen LogP contribution in [0.15, 0.2) is 30.3 Å². The van der Waals surface area contributed by atoms with Crippen LogP contribution < -0.4 is 5.32 Å². The number of aromatic nitrogens is 3. The van der Waals surface area contributed by atoms with Crippen LogP contribution in [0.4, 0.5) is 5.95 Å². The van der Waals surface area contributed by atoms with Crippen molar-refractivity contribution in [2.75, 3.05) is 18.5 Å². The third-order valence-corrected chi connectivity index (χ3v) is 3.70. The number of ether oxygens (including phenoxy) is 1. The number of anilines is 1. The summed E-state index contributed by atoms with van der Waals surface area (Å²) in [4.78, 5) is 16.5. The van der Waals surface area contributed by atoms with Crippen LogP contribution in [-0.2, 0) is 9.53 Å². The van der Waals surface area contributed by atoms with Gasteiger partial charge in [-0.2, -0.15) is 4.98 Å². The highest BCUT2D eigenvalue weighted by Crippen LogP contribution is 2.29. The molecule has 0 bridgehead atoms. The molecule has 0 saturated heterocycles. The molecule has 0 aliphatic carbocycles. The summed E-state index contributed by atoms with van der Waals surface area (Å²) in [6.07, 6.45) is 0. The van der Waals surface area contributed by atoms with E-state index >= 15 is 0 Å². The van der Waals surface area contributed by atoms with Gasteiger partial charge in [0.1, 0.15) is 0 Å². The van der Waals surface area contributed by atoms with Crippen molar-refractivity contribution >= 4 is 11.9 Å². The molecule has 0 amide bonds. The van der Waals surface area contributed by atoms with E-state index in [1.165, 1.54) is 0 Å². The maximum absolute atomic E-state index is 12.0. The molecule has 1 N–H and O–H groups in total. The number of nitrogens with one attached hydrogen (secondary N) is 1. The van der Waals surface area contributed by atoms with Crippen LogP contribution >= 0.6 is 0 Å². The fraction of sp³-hybridized carbons (Fsp3) is 0.400. The molecule has 0 fully saturated rings. The fourth-order valence-corrected chi connectivity index (χ4v) is 2.51. The van der Waals surface area contributed by atoms with Gasteiger partial charge in [0.25, 0.3) is 0 Å². The van der Waals surface area contributed by atoms with Crippen LogP contribution in [0.5, 0.6) is 0 Å². The molecule has 0 spiro atoms. The molecule has 1 aromatic carbocycles. The maximum atomic E-state index is 12.0. The van der Waals surface area contributed by atoms with E-state index < -0.39 is 0 Å². The monoisotopic (exact) mass is 286 g/mol. The predicted octanol–water partition coefficient (Wildman–Crippen LogP) is 2.11. The van der Waals surface area contributed by atoms with E-state index in [2.05, 4.69) is 15.4 Å². The van der Waals surface area contributed by atoms with E-state index in [-0.39, 0.29) is 17.9 Å². The zero-order chi connectivity index (χ0) is 14.8. The normalized spacial score (nSPS) is 20.5. The summed E-state index contributed by atoms with van der Waals surface area (Å²) in [7, 11) is 0. The Hall–Kier alpha value is -2.37. The smallest absolute Gasteiger partial charge is 0.312 e. The summed E-state index contributed by atoms with van der Waals surface area (Å²) in [5.74, 6) is 0.916. The lowest BCUT2D eigenvalue weighted by atomic mass is 10.0. The van der Waals surface area contributed by atoms with Gasteiger partial charge in [0.15, 0.2) is 5.82 Å². The molecule has 1 aromatic heterocycles. The molecule has 0 saturated carbocycles. The number of benzene rings is 1. The lowest BCUT2D eigenvalue weighted by Gasteiger charge is -2.28. The highest BCUT2D eigenvalue weighted by Gasteiger charge is 2.34. The summed E-state index contributed by atoms with van der Waals surface area (Å²) < 4.78 is 6.89. The molecule has 6 nitrogen and oxygen atoms in total. The van der Waals surface area contributed by atoms with E-state index in [1.54, 1.807) is 4.68 Å². The van der Waals surface area contributed by atoms with Crippen LogP contribution in [0, 0.1) is 5.92 Å². The number of nitrogens with zero attached hydrogens (tertiary/aromatic N) is 3. The lowest BCUT2D eigenvalue weighted by Crippen LogP contribution is -2.37. The molecule has 21 heavy (non-hydrogen) atoms. The van der Waals surface area contributed by atoms with E-state index in [4.69, 9.17) is 4.74 Å². The van der Waals surface area contributed by atoms with Crippen LogP contribution in [0.2, 0.25) is 0 Å². The molecule has 1 aliphatic heterocycles. The average molecular weight is 286 g/mol. The molecule has 110 valence electrons. The first-order chi connectivity index (χ1) is 10.2. The van der Waals surface area contributed by atoms with Crippen LogP contribution in [-0.4, -0.2) is 33.9 Å². The SMILES string of the molecule is CCOC(=O)C1CNc2nc(-c3ccccc3)nn2C1C. The minimum Gasteiger partial charge on any atom is -0.466 e. The molecular formula is C15H18N4O2. The summed E-state index contributed by atoms with van der Waals surface area (Å²) >= 11 is 0. The largest absolute Gasteiger partial charge is 0.466 e. The van der Waals surface area contributed by atoms with Crippen LogP contribution in [0.25, 0.3) is 11.4 Å². The molecule has 3 rings (SSSR count). The predicted molar refractivity (Wildman–Crippen MR) is 78.8 cm³/mol. The molecule has 6 heteroatoms. The van der Waals surface area contributed by atoms with Crippen molar-refractivity contribution in [1.29, 1.82) is 0 Å². The summed E-state index contributed by atoms with van der Waals surface area (Å²) in [5, 5.41) is 7.69. The van der Waals surface area contributed by atoms with E-state index in [0.29, 0.717) is 24.9 Å². The Kier molecular flexibility index (Phi) is 3.60. The summed E-state index contributed by atoms with van der Waals surface area (Å²) in [6.45, 7) is 4.69. The number of carbonyl (C=O) groups excluding carboxylic acids is 1. The number of esters is 1. The summed E-state index contributed by atoms with van der Waals surface area (Å²) in [5.41, 5.74) is 0.959. The first-order valence-electron chi connectivity index (χ1n) is 7.13. The third kappa shape index (κ3) is 2.49. The molecule has 2 unspecified atom stereocenters. The molecule has 2 aromatic rings. The highest BCUT2D eigenvalue weighted by molar-refractivity contribution is 5.74. The minimum atomic E-state index is -0.247. The van der Waals surface area contributed by atoms with Crippen molar-refractivity contribution in [3.63, 3.8) is 0 Å². The second kappa shape index (κ2) is 5.55. The number of fused-ring (bicyclic) bond motifs is 1. The van der Waals surface area contributed by atoms with E-state index in [0.717, 1.165) is 5.56 Å². The number of rotatable bonds is 3. The van der Waals surface area contributed by atoms with Gasteiger partial charge in [-0.15, -0.1) is 5.10 Å².